The molecule has 2 N–H and O–H groups in total. The number of hydrogen-bond acceptors (Lipinski definition) is 4. The summed E-state index contributed by atoms with van der Waals surface area (Å²) in [6, 6.07) is 5.31. The second-order valence-corrected chi connectivity index (χ2v) is 5.83. The summed E-state index contributed by atoms with van der Waals surface area (Å²) < 4.78 is 42.4. The van der Waals surface area contributed by atoms with E-state index in [1.807, 2.05) is 13.0 Å². The van der Waals surface area contributed by atoms with Crippen LogP contribution in [0, 0.1) is 5.92 Å². The molecule has 0 spiro atoms. The van der Waals surface area contributed by atoms with E-state index in [2.05, 4.69) is 5.32 Å². The summed E-state index contributed by atoms with van der Waals surface area (Å²) >= 11 is 0. The quantitative estimate of drug-likeness (QED) is 0.806. The normalized spacial score (nSPS) is 19.2. The van der Waals surface area contributed by atoms with Crippen LogP contribution in [-0.4, -0.2) is 49.0 Å². The Labute approximate surface area is 134 Å². The molecule has 0 bridgehead atoms. The molecule has 1 atom stereocenters. The van der Waals surface area contributed by atoms with Crippen molar-refractivity contribution in [1.29, 1.82) is 0 Å². The number of nitrogens with zero attached hydrogens (tertiary/aromatic N) is 1. The van der Waals surface area contributed by atoms with Crippen molar-refractivity contribution in [3.05, 3.63) is 23.8 Å². The highest BCUT2D eigenvalue weighted by Gasteiger charge is 2.34. The third kappa shape index (κ3) is 5.58. The number of hydrogen-bond donors (Lipinski definition) is 2. The fourth-order valence-corrected chi connectivity index (χ4v) is 2.87. The molecule has 130 valence electrons. The number of halogens is 3. The van der Waals surface area contributed by atoms with Gasteiger partial charge in [0.1, 0.15) is 0 Å². The maximum atomic E-state index is 12.4. The number of para-hydroxylation sites is 1. The fourth-order valence-electron chi connectivity index (χ4n) is 2.87. The molecular weight excluding hydrogens is 309 g/mol. The summed E-state index contributed by atoms with van der Waals surface area (Å²) in [6.45, 7) is 3.52. The molecule has 1 aromatic rings. The van der Waals surface area contributed by atoms with Crippen molar-refractivity contribution in [1.82, 2.24) is 10.2 Å². The van der Waals surface area contributed by atoms with Gasteiger partial charge in [-0.2, -0.15) is 13.2 Å². The Balaban J connectivity index is 1.77. The molecule has 0 radical (unpaired) electrons. The Morgan fingerprint density at radius 2 is 2.17 bits per heavy atom. The van der Waals surface area contributed by atoms with Gasteiger partial charge in [-0.15, -0.1) is 0 Å². The standard InChI is InChI=1S/C16H23F3N2O2/c1-2-23-14-5-3-4-13(15(14)22)9-20-8-12-6-7-21(10-12)11-16(17,18)19/h3-5,12,20,22H,2,6-11H2,1H3/t12-/m0/s1. The molecule has 0 aromatic heterocycles. The van der Waals surface area contributed by atoms with Crippen LogP contribution in [0.25, 0.3) is 0 Å². The monoisotopic (exact) mass is 332 g/mol. The molecule has 23 heavy (non-hydrogen) atoms. The Hall–Kier alpha value is -1.47. The number of aromatic hydroxyl groups is 1. The van der Waals surface area contributed by atoms with Crippen molar-refractivity contribution in [2.24, 2.45) is 5.92 Å². The Bertz CT molecular complexity index is 509. The zero-order chi connectivity index (χ0) is 16.9. The largest absolute Gasteiger partial charge is 0.504 e. The van der Waals surface area contributed by atoms with Crippen LogP contribution in [0.4, 0.5) is 13.2 Å². The number of rotatable bonds is 7. The van der Waals surface area contributed by atoms with Crippen LogP contribution in [0.1, 0.15) is 18.9 Å². The van der Waals surface area contributed by atoms with Crippen LogP contribution in [0.15, 0.2) is 18.2 Å². The maximum absolute atomic E-state index is 12.4. The molecule has 0 aliphatic carbocycles. The average Bonchev–Trinajstić information content (AvgIpc) is 2.88. The maximum Gasteiger partial charge on any atom is 0.401 e. The first-order valence-corrected chi connectivity index (χ1v) is 7.82. The molecule has 0 amide bonds. The molecule has 7 heteroatoms. The third-order valence-electron chi connectivity index (χ3n) is 3.90. The highest BCUT2D eigenvalue weighted by molar-refractivity contribution is 5.45. The lowest BCUT2D eigenvalue weighted by atomic mass is 10.1. The average molecular weight is 332 g/mol. The fraction of sp³-hybridized carbons (Fsp3) is 0.625. The van der Waals surface area contributed by atoms with Crippen molar-refractivity contribution < 1.29 is 23.0 Å². The second-order valence-electron chi connectivity index (χ2n) is 5.83. The highest BCUT2D eigenvalue weighted by atomic mass is 19.4. The van der Waals surface area contributed by atoms with E-state index in [0.717, 1.165) is 12.0 Å². The van der Waals surface area contributed by atoms with E-state index >= 15 is 0 Å². The Kier molecular flexibility index (Phi) is 6.12. The van der Waals surface area contributed by atoms with E-state index in [0.29, 0.717) is 38.5 Å². The number of phenolic OH excluding ortho intramolecular Hbond substituents is 1. The number of ether oxygens (including phenoxy) is 1. The summed E-state index contributed by atoms with van der Waals surface area (Å²) in [5.74, 6) is 0.769. The van der Waals surface area contributed by atoms with Crippen LogP contribution >= 0.6 is 0 Å². The number of phenols is 1. The molecule has 1 aliphatic heterocycles. The summed E-state index contributed by atoms with van der Waals surface area (Å²) in [5, 5.41) is 13.3. The van der Waals surface area contributed by atoms with E-state index < -0.39 is 12.7 Å². The van der Waals surface area contributed by atoms with Crippen LogP contribution in [0.5, 0.6) is 11.5 Å². The van der Waals surface area contributed by atoms with Gasteiger partial charge in [0.25, 0.3) is 0 Å². The van der Waals surface area contributed by atoms with Crippen molar-refractivity contribution in [3.8, 4) is 11.5 Å². The molecule has 0 saturated carbocycles. The Morgan fingerprint density at radius 1 is 1.39 bits per heavy atom. The lowest BCUT2D eigenvalue weighted by Gasteiger charge is -2.18. The molecule has 1 aromatic carbocycles. The molecule has 4 nitrogen and oxygen atoms in total. The first-order valence-electron chi connectivity index (χ1n) is 7.82. The molecule has 0 unspecified atom stereocenters. The van der Waals surface area contributed by atoms with Gasteiger partial charge in [-0.3, -0.25) is 4.90 Å². The van der Waals surface area contributed by atoms with Gasteiger partial charge in [0.05, 0.1) is 13.2 Å². The zero-order valence-electron chi connectivity index (χ0n) is 13.2. The number of nitrogens with one attached hydrogen (secondary N) is 1. The van der Waals surface area contributed by atoms with E-state index in [9.17, 15) is 18.3 Å². The van der Waals surface area contributed by atoms with E-state index in [4.69, 9.17) is 4.74 Å². The van der Waals surface area contributed by atoms with Crippen LogP contribution in [0.2, 0.25) is 0 Å². The topological polar surface area (TPSA) is 44.7 Å². The third-order valence-corrected chi connectivity index (χ3v) is 3.90. The number of benzene rings is 1. The van der Waals surface area contributed by atoms with E-state index in [1.165, 1.54) is 4.90 Å². The second kappa shape index (κ2) is 7.88. The molecule has 1 saturated heterocycles. The number of likely N-dealkylation sites (tertiary alicyclic amines) is 1. The van der Waals surface area contributed by atoms with Gasteiger partial charge >= 0.3 is 6.18 Å². The zero-order valence-corrected chi connectivity index (χ0v) is 13.2. The summed E-state index contributed by atoms with van der Waals surface area (Å²) in [6.07, 6.45) is -3.37. The van der Waals surface area contributed by atoms with Crippen molar-refractivity contribution in [3.63, 3.8) is 0 Å². The predicted molar refractivity (Wildman–Crippen MR) is 81.6 cm³/mol. The van der Waals surface area contributed by atoms with Crippen molar-refractivity contribution in [2.75, 3.05) is 32.8 Å². The van der Waals surface area contributed by atoms with Crippen LogP contribution in [-0.2, 0) is 6.54 Å². The lowest BCUT2D eigenvalue weighted by Crippen LogP contribution is -2.33. The molecule has 1 aliphatic rings. The highest BCUT2D eigenvalue weighted by Crippen LogP contribution is 2.29. The minimum atomic E-state index is -4.13. The minimum Gasteiger partial charge on any atom is -0.504 e. The molecule has 1 fully saturated rings. The molecule has 1 heterocycles. The molecular formula is C16H23F3N2O2. The first kappa shape index (κ1) is 17.9. The minimum absolute atomic E-state index is 0.118. The summed E-state index contributed by atoms with van der Waals surface area (Å²) in [7, 11) is 0. The summed E-state index contributed by atoms with van der Waals surface area (Å²) in [4.78, 5) is 1.44. The Morgan fingerprint density at radius 3 is 2.87 bits per heavy atom. The van der Waals surface area contributed by atoms with Gasteiger partial charge < -0.3 is 15.2 Å². The van der Waals surface area contributed by atoms with Gasteiger partial charge in [-0.05, 0) is 38.4 Å². The van der Waals surface area contributed by atoms with Gasteiger partial charge in [0.2, 0.25) is 0 Å². The van der Waals surface area contributed by atoms with Gasteiger partial charge in [-0.25, -0.2) is 0 Å². The van der Waals surface area contributed by atoms with Crippen molar-refractivity contribution in [2.45, 2.75) is 26.1 Å². The van der Waals surface area contributed by atoms with Gasteiger partial charge in [0, 0.05) is 18.7 Å². The SMILES string of the molecule is CCOc1cccc(CNC[C@@H]2CCN(CC(F)(F)F)C2)c1O. The van der Waals surface area contributed by atoms with Crippen molar-refractivity contribution >= 4 is 0 Å². The smallest absolute Gasteiger partial charge is 0.401 e. The van der Waals surface area contributed by atoms with E-state index in [1.54, 1.807) is 12.1 Å². The van der Waals surface area contributed by atoms with Gasteiger partial charge in [-0.1, -0.05) is 12.1 Å². The first-order chi connectivity index (χ1) is 10.9. The van der Waals surface area contributed by atoms with Crippen LogP contribution < -0.4 is 10.1 Å². The predicted octanol–water partition coefficient (Wildman–Crippen LogP) is 2.76. The lowest BCUT2D eigenvalue weighted by molar-refractivity contribution is -0.143. The van der Waals surface area contributed by atoms with E-state index in [-0.39, 0.29) is 11.7 Å². The molecule has 2 rings (SSSR count). The van der Waals surface area contributed by atoms with Crippen LogP contribution in [0.3, 0.4) is 0 Å². The number of alkyl halides is 3. The summed E-state index contributed by atoms with van der Waals surface area (Å²) in [5.41, 5.74) is 0.723. The van der Waals surface area contributed by atoms with Gasteiger partial charge in [0.15, 0.2) is 11.5 Å².